The van der Waals surface area contributed by atoms with Crippen molar-refractivity contribution in [1.29, 1.82) is 0 Å². The van der Waals surface area contributed by atoms with Gasteiger partial charge >= 0.3 is 0 Å². The highest BCUT2D eigenvalue weighted by Crippen LogP contribution is 2.29. The number of nitrogens with one attached hydrogen (secondary N) is 1. The number of anilines is 1. The molecule has 0 saturated heterocycles. The van der Waals surface area contributed by atoms with Gasteiger partial charge in [-0.1, -0.05) is 24.3 Å². The van der Waals surface area contributed by atoms with Crippen LogP contribution in [0.25, 0.3) is 0 Å². The zero-order valence-corrected chi connectivity index (χ0v) is 12.2. The van der Waals surface area contributed by atoms with Gasteiger partial charge in [-0.05, 0) is 43.5 Å². The number of hydrogen-bond acceptors (Lipinski definition) is 3. The number of para-hydroxylation sites is 1. The van der Waals surface area contributed by atoms with Crippen LogP contribution in [-0.2, 0) is 6.42 Å². The smallest absolute Gasteiger partial charge is 0.197 e. The number of fused-ring (bicyclic) bond motifs is 1. The van der Waals surface area contributed by atoms with Crippen LogP contribution in [0.1, 0.15) is 34.8 Å². The Kier molecular flexibility index (Phi) is 3.91. The predicted molar refractivity (Wildman–Crippen MR) is 84.3 cm³/mol. The standard InChI is InChI=1S/C18H19NO2/c1-2-21-17-11-4-3-7-15(17)18(20)14-8-5-10-16-13(14)9-6-12-19-16/h3-5,7-8,10-11,19H,2,6,9,12H2,1H3. The molecule has 0 fully saturated rings. The van der Waals surface area contributed by atoms with Crippen LogP contribution in [0.3, 0.4) is 0 Å². The number of benzene rings is 2. The third-order valence-electron chi connectivity index (χ3n) is 3.77. The second-order valence-electron chi connectivity index (χ2n) is 5.12. The molecule has 0 radical (unpaired) electrons. The lowest BCUT2D eigenvalue weighted by atomic mass is 9.92. The van der Waals surface area contributed by atoms with Crippen molar-refractivity contribution in [3.8, 4) is 5.75 Å². The van der Waals surface area contributed by atoms with Crippen molar-refractivity contribution < 1.29 is 9.53 Å². The first-order valence-electron chi connectivity index (χ1n) is 7.43. The maximum Gasteiger partial charge on any atom is 0.197 e. The van der Waals surface area contributed by atoms with Crippen LogP contribution in [0.2, 0.25) is 0 Å². The van der Waals surface area contributed by atoms with Crippen LogP contribution in [0.4, 0.5) is 5.69 Å². The molecule has 0 atom stereocenters. The summed E-state index contributed by atoms with van der Waals surface area (Å²) in [6.07, 6.45) is 2.01. The molecule has 1 N–H and O–H groups in total. The monoisotopic (exact) mass is 281 g/mol. The molecule has 21 heavy (non-hydrogen) atoms. The molecule has 0 bridgehead atoms. The Balaban J connectivity index is 2.03. The number of rotatable bonds is 4. The Bertz CT molecular complexity index is 664. The van der Waals surface area contributed by atoms with E-state index >= 15 is 0 Å². The molecule has 0 spiro atoms. The number of carbonyl (C=O) groups is 1. The Labute approximate surface area is 124 Å². The first-order chi connectivity index (χ1) is 10.3. The summed E-state index contributed by atoms with van der Waals surface area (Å²) in [6, 6.07) is 13.4. The molecular weight excluding hydrogens is 262 g/mol. The third-order valence-corrected chi connectivity index (χ3v) is 3.77. The summed E-state index contributed by atoms with van der Waals surface area (Å²) in [4.78, 5) is 12.9. The van der Waals surface area contributed by atoms with Crippen LogP contribution in [0, 0.1) is 0 Å². The van der Waals surface area contributed by atoms with Gasteiger partial charge in [0.25, 0.3) is 0 Å². The van der Waals surface area contributed by atoms with Crippen LogP contribution in [0.5, 0.6) is 5.75 Å². The topological polar surface area (TPSA) is 38.3 Å². The molecule has 3 rings (SSSR count). The van der Waals surface area contributed by atoms with Gasteiger partial charge in [-0.3, -0.25) is 4.79 Å². The predicted octanol–water partition coefficient (Wildman–Crippen LogP) is 3.67. The summed E-state index contributed by atoms with van der Waals surface area (Å²) < 4.78 is 5.59. The summed E-state index contributed by atoms with van der Waals surface area (Å²) in [5, 5.41) is 3.37. The lowest BCUT2D eigenvalue weighted by Crippen LogP contribution is -2.16. The summed E-state index contributed by atoms with van der Waals surface area (Å²) in [5.74, 6) is 0.700. The lowest BCUT2D eigenvalue weighted by molar-refractivity contribution is 0.103. The summed E-state index contributed by atoms with van der Waals surface area (Å²) in [7, 11) is 0. The number of hydrogen-bond donors (Lipinski definition) is 1. The largest absolute Gasteiger partial charge is 0.493 e. The molecule has 0 amide bonds. The molecule has 2 aromatic rings. The molecule has 0 aliphatic carbocycles. The zero-order chi connectivity index (χ0) is 14.7. The third kappa shape index (κ3) is 2.64. The van der Waals surface area contributed by atoms with Gasteiger partial charge in [0, 0.05) is 17.8 Å². The first kappa shape index (κ1) is 13.7. The summed E-state index contributed by atoms with van der Waals surface area (Å²) >= 11 is 0. The summed E-state index contributed by atoms with van der Waals surface area (Å²) in [6.45, 7) is 3.45. The average molecular weight is 281 g/mol. The molecule has 1 heterocycles. The van der Waals surface area contributed by atoms with Crippen LogP contribution >= 0.6 is 0 Å². The van der Waals surface area contributed by atoms with E-state index in [9.17, 15) is 4.79 Å². The van der Waals surface area contributed by atoms with Gasteiger partial charge in [0.05, 0.1) is 12.2 Å². The molecule has 3 nitrogen and oxygen atoms in total. The zero-order valence-electron chi connectivity index (χ0n) is 12.2. The van der Waals surface area contributed by atoms with Gasteiger partial charge in [-0.15, -0.1) is 0 Å². The summed E-state index contributed by atoms with van der Waals surface area (Å²) in [5.41, 5.74) is 3.63. The van der Waals surface area contributed by atoms with Crippen molar-refractivity contribution in [3.05, 3.63) is 59.2 Å². The fourth-order valence-electron chi connectivity index (χ4n) is 2.80. The Morgan fingerprint density at radius 1 is 1.14 bits per heavy atom. The minimum absolute atomic E-state index is 0.0413. The normalized spacial score (nSPS) is 13.2. The van der Waals surface area contributed by atoms with E-state index in [0.29, 0.717) is 17.9 Å². The van der Waals surface area contributed by atoms with Gasteiger partial charge in [0.1, 0.15) is 5.75 Å². The molecule has 108 valence electrons. The average Bonchev–Trinajstić information content (AvgIpc) is 2.54. The van der Waals surface area contributed by atoms with Gasteiger partial charge in [0.2, 0.25) is 0 Å². The van der Waals surface area contributed by atoms with Crippen molar-refractivity contribution in [2.75, 3.05) is 18.5 Å². The Hall–Kier alpha value is -2.29. The fourth-order valence-corrected chi connectivity index (χ4v) is 2.80. The van der Waals surface area contributed by atoms with E-state index < -0.39 is 0 Å². The fraction of sp³-hybridized carbons (Fsp3) is 0.278. The van der Waals surface area contributed by atoms with E-state index in [2.05, 4.69) is 5.32 Å². The maximum atomic E-state index is 12.9. The molecule has 2 aromatic carbocycles. The molecule has 1 aliphatic heterocycles. The van der Waals surface area contributed by atoms with E-state index in [1.807, 2.05) is 49.4 Å². The quantitative estimate of drug-likeness (QED) is 0.869. The van der Waals surface area contributed by atoms with Crippen LogP contribution in [-0.4, -0.2) is 18.9 Å². The molecule has 0 saturated carbocycles. The van der Waals surface area contributed by atoms with E-state index in [4.69, 9.17) is 4.74 Å². The van der Waals surface area contributed by atoms with Crippen molar-refractivity contribution >= 4 is 11.5 Å². The van der Waals surface area contributed by atoms with Crippen molar-refractivity contribution in [2.24, 2.45) is 0 Å². The van der Waals surface area contributed by atoms with Crippen LogP contribution in [0.15, 0.2) is 42.5 Å². The van der Waals surface area contributed by atoms with Gasteiger partial charge in [-0.25, -0.2) is 0 Å². The number of carbonyl (C=O) groups excluding carboxylic acids is 1. The van der Waals surface area contributed by atoms with Crippen molar-refractivity contribution in [2.45, 2.75) is 19.8 Å². The second kappa shape index (κ2) is 6.00. The second-order valence-corrected chi connectivity index (χ2v) is 5.12. The van der Waals surface area contributed by atoms with Gasteiger partial charge in [-0.2, -0.15) is 0 Å². The molecule has 0 aromatic heterocycles. The van der Waals surface area contributed by atoms with E-state index in [1.165, 1.54) is 0 Å². The lowest BCUT2D eigenvalue weighted by Gasteiger charge is -2.20. The number of ether oxygens (including phenoxy) is 1. The molecule has 1 aliphatic rings. The van der Waals surface area contributed by atoms with Gasteiger partial charge in [0.15, 0.2) is 5.78 Å². The minimum Gasteiger partial charge on any atom is -0.493 e. The number of ketones is 1. The Morgan fingerprint density at radius 3 is 2.81 bits per heavy atom. The van der Waals surface area contributed by atoms with Crippen molar-refractivity contribution in [3.63, 3.8) is 0 Å². The molecule has 3 heteroatoms. The highest BCUT2D eigenvalue weighted by Gasteiger charge is 2.20. The van der Waals surface area contributed by atoms with Gasteiger partial charge < -0.3 is 10.1 Å². The van der Waals surface area contributed by atoms with E-state index in [1.54, 1.807) is 0 Å². The SMILES string of the molecule is CCOc1ccccc1C(=O)c1cccc2c1CCCN2. The molecule has 0 unspecified atom stereocenters. The van der Waals surface area contributed by atoms with E-state index in [0.717, 1.165) is 36.2 Å². The molecular formula is C18H19NO2. The highest BCUT2D eigenvalue weighted by atomic mass is 16.5. The highest BCUT2D eigenvalue weighted by molar-refractivity contribution is 6.12. The van der Waals surface area contributed by atoms with Crippen molar-refractivity contribution in [1.82, 2.24) is 0 Å². The maximum absolute atomic E-state index is 12.9. The van der Waals surface area contributed by atoms with Crippen LogP contribution < -0.4 is 10.1 Å². The Morgan fingerprint density at radius 2 is 1.95 bits per heavy atom. The minimum atomic E-state index is 0.0413. The first-order valence-corrected chi connectivity index (χ1v) is 7.43. The van der Waals surface area contributed by atoms with E-state index in [-0.39, 0.29) is 5.78 Å².